The quantitative estimate of drug-likeness (QED) is 0.202. The van der Waals surface area contributed by atoms with Crippen LogP contribution in [0.3, 0.4) is 0 Å². The van der Waals surface area contributed by atoms with Gasteiger partial charge in [0.25, 0.3) is 0 Å². The molecule has 0 aromatic heterocycles. The average molecular weight is 320 g/mol. The van der Waals surface area contributed by atoms with Crippen LogP contribution in [0, 0.1) is 0 Å². The van der Waals surface area contributed by atoms with Gasteiger partial charge in [0.05, 0.1) is 12.1 Å². The predicted octanol–water partition coefficient (Wildman–Crippen LogP) is 4.81. The van der Waals surface area contributed by atoms with Gasteiger partial charge in [-0.2, -0.15) is 4.40 Å². The molecule has 0 N–H and O–H groups in total. The minimum atomic E-state index is -1.53. The number of hydrogen-bond donors (Lipinski definition) is 0. The molecule has 2 aromatic rings. The Balaban J connectivity index is 2.22. The maximum atomic E-state index is 12.6. The average Bonchev–Trinajstić information content (AvgIpc) is 2.52. The van der Waals surface area contributed by atoms with Crippen molar-refractivity contribution in [3.05, 3.63) is 66.2 Å². The van der Waals surface area contributed by atoms with Crippen molar-refractivity contribution in [3.8, 4) is 0 Å². The minimum absolute atomic E-state index is 0.708. The summed E-state index contributed by atoms with van der Waals surface area (Å²) in [5.74, 6) is 0. The number of benzene rings is 2. The summed E-state index contributed by atoms with van der Waals surface area (Å²) in [7, 11) is 1.34. The van der Waals surface area contributed by atoms with E-state index < -0.39 is 6.16 Å². The van der Waals surface area contributed by atoms with Crippen molar-refractivity contribution in [1.82, 2.24) is 4.31 Å². The highest BCUT2D eigenvalue weighted by atomic mass is 32.2. The van der Waals surface area contributed by atoms with Gasteiger partial charge in [-0.05, 0) is 12.1 Å². The molecule has 0 unspecified atom stereocenters. The van der Waals surface area contributed by atoms with Crippen LogP contribution in [0.2, 0.25) is 0 Å². The maximum absolute atomic E-state index is 12.6. The molecule has 108 valence electrons. The second kappa shape index (κ2) is 7.85. The number of carbonyl (C=O) groups is 1. The normalized spacial score (nSPS) is 11.2. The van der Waals surface area contributed by atoms with Crippen molar-refractivity contribution >= 4 is 35.1 Å². The monoisotopic (exact) mass is 320 g/mol. The molecule has 0 aliphatic rings. The summed E-state index contributed by atoms with van der Waals surface area (Å²) in [6, 6.07) is 19.3. The number of carbonyl (C=O) groups excluding carboxylic acids is 1. The highest BCUT2D eigenvalue weighted by Crippen LogP contribution is 2.26. The van der Waals surface area contributed by atoms with Gasteiger partial charge in [-0.1, -0.05) is 60.3 Å². The molecule has 2 rings (SSSR count). The van der Waals surface area contributed by atoms with Gasteiger partial charge in [-0.15, -0.1) is 4.39 Å². The fourth-order valence-corrected chi connectivity index (χ4v) is 2.83. The van der Waals surface area contributed by atoms with E-state index in [2.05, 4.69) is 4.40 Å². The lowest BCUT2D eigenvalue weighted by Gasteiger charge is -2.09. The van der Waals surface area contributed by atoms with Gasteiger partial charge in [-0.3, -0.25) is 0 Å². The Bertz CT molecular complexity index is 620. The molecule has 0 saturated carbocycles. The summed E-state index contributed by atoms with van der Waals surface area (Å²) < 4.78 is 17.7. The third kappa shape index (κ3) is 4.91. The largest absolute Gasteiger partial charge is 0.411 e. The van der Waals surface area contributed by atoms with Crippen molar-refractivity contribution in [2.45, 2.75) is 4.90 Å². The first-order valence-electron chi connectivity index (χ1n) is 6.13. The topological polar surface area (TPSA) is 32.7 Å². The van der Waals surface area contributed by atoms with E-state index in [0.717, 1.165) is 26.9 Å². The number of amides is 1. The standard InChI is InChI=1S/C15H13FN2OS2/c1-18(15(16)19)21-17-14(12-8-4-2-5-9-12)20-13-10-6-3-7-11-13/h2-11H,1H3. The summed E-state index contributed by atoms with van der Waals surface area (Å²) in [4.78, 5) is 11.6. The third-order valence-electron chi connectivity index (χ3n) is 2.47. The van der Waals surface area contributed by atoms with Crippen LogP contribution in [-0.4, -0.2) is 22.6 Å². The first-order valence-corrected chi connectivity index (χ1v) is 7.68. The first kappa shape index (κ1) is 15.6. The van der Waals surface area contributed by atoms with Crippen molar-refractivity contribution in [2.24, 2.45) is 4.40 Å². The van der Waals surface area contributed by atoms with E-state index in [1.54, 1.807) is 0 Å². The highest BCUT2D eigenvalue weighted by molar-refractivity contribution is 8.15. The van der Waals surface area contributed by atoms with Gasteiger partial charge in [0.15, 0.2) is 0 Å². The van der Waals surface area contributed by atoms with E-state index in [1.165, 1.54) is 18.8 Å². The van der Waals surface area contributed by atoms with E-state index in [9.17, 15) is 9.18 Å². The molecule has 0 saturated heterocycles. The Morgan fingerprint density at radius 1 is 1.05 bits per heavy atom. The molecule has 0 radical (unpaired) electrons. The van der Waals surface area contributed by atoms with Crippen molar-refractivity contribution in [1.29, 1.82) is 0 Å². The van der Waals surface area contributed by atoms with Crippen LogP contribution >= 0.6 is 23.9 Å². The molecule has 0 spiro atoms. The number of halogens is 1. The SMILES string of the molecule is CN(SN=C(Sc1ccccc1)c1ccccc1)C(=O)F. The summed E-state index contributed by atoms with van der Waals surface area (Å²) in [6.07, 6.45) is -1.53. The lowest BCUT2D eigenvalue weighted by atomic mass is 10.2. The summed E-state index contributed by atoms with van der Waals surface area (Å²) in [6.45, 7) is 0. The molecule has 0 aliphatic carbocycles. The molecule has 21 heavy (non-hydrogen) atoms. The van der Waals surface area contributed by atoms with Crippen molar-refractivity contribution in [3.63, 3.8) is 0 Å². The molecular formula is C15H13FN2OS2. The van der Waals surface area contributed by atoms with Gasteiger partial charge in [0, 0.05) is 17.5 Å². The zero-order valence-electron chi connectivity index (χ0n) is 11.3. The lowest BCUT2D eigenvalue weighted by Crippen LogP contribution is -2.11. The number of rotatable bonds is 4. The molecule has 6 heteroatoms. The number of hydrogen-bond acceptors (Lipinski definition) is 4. The Labute approximate surface area is 131 Å². The van der Waals surface area contributed by atoms with Gasteiger partial charge in [0.1, 0.15) is 5.04 Å². The van der Waals surface area contributed by atoms with Gasteiger partial charge in [0.2, 0.25) is 0 Å². The van der Waals surface area contributed by atoms with E-state index in [1.807, 2.05) is 60.7 Å². The van der Waals surface area contributed by atoms with E-state index in [0.29, 0.717) is 5.04 Å². The summed E-state index contributed by atoms with van der Waals surface area (Å²) in [5, 5.41) is 0.708. The van der Waals surface area contributed by atoms with Crippen LogP contribution in [0.5, 0.6) is 0 Å². The number of thioether (sulfide) groups is 1. The van der Waals surface area contributed by atoms with E-state index >= 15 is 0 Å². The van der Waals surface area contributed by atoms with Crippen molar-refractivity contribution in [2.75, 3.05) is 7.05 Å². The Hall–Kier alpha value is -1.79. The molecule has 2 aromatic carbocycles. The van der Waals surface area contributed by atoms with Crippen LogP contribution in [-0.2, 0) is 0 Å². The number of nitrogens with zero attached hydrogens (tertiary/aromatic N) is 2. The molecular weight excluding hydrogens is 307 g/mol. The van der Waals surface area contributed by atoms with E-state index in [4.69, 9.17) is 0 Å². The molecule has 0 atom stereocenters. The minimum Gasteiger partial charge on any atom is -0.242 e. The molecule has 0 heterocycles. The van der Waals surface area contributed by atoms with E-state index in [-0.39, 0.29) is 0 Å². The maximum Gasteiger partial charge on any atom is 0.411 e. The zero-order valence-corrected chi connectivity index (χ0v) is 12.9. The van der Waals surface area contributed by atoms with Crippen LogP contribution in [0.4, 0.5) is 9.18 Å². The van der Waals surface area contributed by atoms with Crippen molar-refractivity contribution < 1.29 is 9.18 Å². The summed E-state index contributed by atoms with van der Waals surface area (Å²) >= 11 is 2.25. The Morgan fingerprint density at radius 2 is 1.62 bits per heavy atom. The van der Waals surface area contributed by atoms with Crippen LogP contribution in [0.25, 0.3) is 0 Å². The molecule has 3 nitrogen and oxygen atoms in total. The zero-order chi connectivity index (χ0) is 15.1. The molecule has 1 amide bonds. The first-order chi connectivity index (χ1) is 10.2. The van der Waals surface area contributed by atoms with Gasteiger partial charge in [-0.25, -0.2) is 9.10 Å². The second-order valence-corrected chi connectivity index (χ2v) is 5.97. The molecule has 0 bridgehead atoms. The van der Waals surface area contributed by atoms with Crippen LogP contribution in [0.15, 0.2) is 70.0 Å². The fraction of sp³-hybridized carbons (Fsp3) is 0.0667. The fourth-order valence-electron chi connectivity index (χ4n) is 1.44. The van der Waals surface area contributed by atoms with Gasteiger partial charge < -0.3 is 0 Å². The molecule has 0 aliphatic heterocycles. The highest BCUT2D eigenvalue weighted by Gasteiger charge is 2.10. The van der Waals surface area contributed by atoms with Crippen LogP contribution in [0.1, 0.15) is 5.56 Å². The lowest BCUT2D eigenvalue weighted by molar-refractivity contribution is 0.209. The molecule has 0 fully saturated rings. The Morgan fingerprint density at radius 3 is 2.19 bits per heavy atom. The summed E-state index contributed by atoms with van der Waals surface area (Å²) in [5.41, 5.74) is 0.915. The van der Waals surface area contributed by atoms with Crippen LogP contribution < -0.4 is 0 Å². The van der Waals surface area contributed by atoms with Gasteiger partial charge >= 0.3 is 6.16 Å². The Kier molecular flexibility index (Phi) is 5.83. The predicted molar refractivity (Wildman–Crippen MR) is 87.1 cm³/mol. The third-order valence-corrected chi connectivity index (χ3v) is 4.27. The second-order valence-electron chi connectivity index (χ2n) is 4.01. The smallest absolute Gasteiger partial charge is 0.242 e.